The number of hydrogen-bond acceptors (Lipinski definition) is 3. The highest BCUT2D eigenvalue weighted by Crippen LogP contribution is 2.22. The number of fused-ring (bicyclic) bond motifs is 2. The fourth-order valence-corrected chi connectivity index (χ4v) is 2.42. The summed E-state index contributed by atoms with van der Waals surface area (Å²) in [6.45, 7) is 1.01. The van der Waals surface area contributed by atoms with Crippen LogP contribution in [0.2, 0.25) is 0 Å². The summed E-state index contributed by atoms with van der Waals surface area (Å²) in [6.07, 6.45) is 2.30. The fraction of sp³-hybridized carbons (Fsp3) is 0.417. The monoisotopic (exact) mass is 217 g/mol. The lowest BCUT2D eigenvalue weighted by molar-refractivity contribution is 0.0927. The topological polar surface area (TPSA) is 53.2 Å². The van der Waals surface area contributed by atoms with Gasteiger partial charge in [0.1, 0.15) is 0 Å². The molecule has 0 bridgehead atoms. The Balaban J connectivity index is 1.97. The van der Waals surface area contributed by atoms with Gasteiger partial charge >= 0.3 is 0 Å². The number of piperidine rings is 1. The van der Waals surface area contributed by atoms with Crippen molar-refractivity contribution in [3.8, 4) is 0 Å². The van der Waals surface area contributed by atoms with Crippen LogP contribution in [0.5, 0.6) is 0 Å². The van der Waals surface area contributed by atoms with Crippen LogP contribution < -0.4 is 16.0 Å². The smallest absolute Gasteiger partial charge is 0.253 e. The van der Waals surface area contributed by atoms with Crippen molar-refractivity contribution < 1.29 is 4.79 Å². The van der Waals surface area contributed by atoms with Gasteiger partial charge < -0.3 is 10.6 Å². The molecule has 1 amide bonds. The first kappa shape index (κ1) is 9.66. The predicted octanol–water partition coefficient (Wildman–Crippen LogP) is 0.920. The third-order valence-corrected chi connectivity index (χ3v) is 3.26. The Morgan fingerprint density at radius 3 is 3.00 bits per heavy atom. The maximum absolute atomic E-state index is 12.0. The fourth-order valence-electron chi connectivity index (χ4n) is 2.42. The normalized spacial score (nSPS) is 28.1. The zero-order valence-corrected chi connectivity index (χ0v) is 8.99. The molecule has 2 unspecified atom stereocenters. The Kier molecular flexibility index (Phi) is 2.29. The van der Waals surface area contributed by atoms with Crippen molar-refractivity contribution in [3.63, 3.8) is 0 Å². The van der Waals surface area contributed by atoms with Gasteiger partial charge in [-0.05, 0) is 31.5 Å². The lowest BCUT2D eigenvalue weighted by Gasteiger charge is -2.32. The van der Waals surface area contributed by atoms with E-state index in [9.17, 15) is 4.79 Å². The second kappa shape index (κ2) is 3.79. The van der Waals surface area contributed by atoms with Crippen LogP contribution in [0.1, 0.15) is 23.2 Å². The number of hydrogen-bond donors (Lipinski definition) is 3. The number of rotatable bonds is 0. The standard InChI is InChI=1S/C12H15N3O/c16-12-8-4-1-2-5-9(8)14-11-10(15-12)6-3-7-13-11/h1-2,4-5,10-11,13-14H,3,6-7H2,(H,15,16). The molecule has 0 radical (unpaired) electrons. The van der Waals surface area contributed by atoms with Crippen molar-refractivity contribution in [1.29, 1.82) is 0 Å². The van der Waals surface area contributed by atoms with Crippen LogP contribution in [0.25, 0.3) is 0 Å². The molecule has 0 saturated carbocycles. The molecule has 1 aromatic rings. The number of carbonyl (C=O) groups is 1. The van der Waals surface area contributed by atoms with Crippen LogP contribution in [0.3, 0.4) is 0 Å². The molecular weight excluding hydrogens is 202 g/mol. The van der Waals surface area contributed by atoms with Gasteiger partial charge in [0.25, 0.3) is 5.91 Å². The van der Waals surface area contributed by atoms with Crippen molar-refractivity contribution >= 4 is 11.6 Å². The molecule has 0 aromatic heterocycles. The number of para-hydroxylation sites is 1. The van der Waals surface area contributed by atoms with Crippen LogP contribution in [0, 0.1) is 0 Å². The quantitative estimate of drug-likeness (QED) is 0.605. The van der Waals surface area contributed by atoms with Gasteiger partial charge in [-0.25, -0.2) is 0 Å². The maximum atomic E-state index is 12.0. The van der Waals surface area contributed by atoms with Gasteiger partial charge in [-0.3, -0.25) is 10.1 Å². The van der Waals surface area contributed by atoms with E-state index in [1.807, 2.05) is 24.3 Å². The summed E-state index contributed by atoms with van der Waals surface area (Å²) >= 11 is 0. The Bertz CT molecular complexity index is 418. The molecule has 0 spiro atoms. The molecule has 1 saturated heterocycles. The average Bonchev–Trinajstić information content (AvgIpc) is 2.45. The van der Waals surface area contributed by atoms with Crippen LogP contribution in [0.4, 0.5) is 5.69 Å². The largest absolute Gasteiger partial charge is 0.367 e. The third-order valence-electron chi connectivity index (χ3n) is 3.26. The molecule has 3 rings (SSSR count). The van der Waals surface area contributed by atoms with E-state index in [1.165, 1.54) is 0 Å². The Morgan fingerprint density at radius 2 is 2.06 bits per heavy atom. The summed E-state index contributed by atoms with van der Waals surface area (Å²) in [5, 5.41) is 9.87. The maximum Gasteiger partial charge on any atom is 0.253 e. The van der Waals surface area contributed by atoms with Crippen molar-refractivity contribution in [2.75, 3.05) is 11.9 Å². The van der Waals surface area contributed by atoms with Crippen LogP contribution >= 0.6 is 0 Å². The average molecular weight is 217 g/mol. The van der Waals surface area contributed by atoms with Gasteiger partial charge in [0, 0.05) is 5.69 Å². The minimum absolute atomic E-state index is 0.0271. The van der Waals surface area contributed by atoms with E-state index >= 15 is 0 Å². The molecule has 1 aromatic carbocycles. The highest BCUT2D eigenvalue weighted by molar-refractivity contribution is 6.00. The molecular formula is C12H15N3O. The highest BCUT2D eigenvalue weighted by Gasteiger charge is 2.30. The lowest BCUT2D eigenvalue weighted by Crippen LogP contribution is -2.55. The van der Waals surface area contributed by atoms with E-state index in [0.717, 1.165) is 30.6 Å². The number of benzene rings is 1. The molecule has 2 heterocycles. The zero-order chi connectivity index (χ0) is 11.0. The van der Waals surface area contributed by atoms with Gasteiger partial charge in [0.2, 0.25) is 0 Å². The van der Waals surface area contributed by atoms with Crippen LogP contribution in [-0.4, -0.2) is 24.7 Å². The first-order valence-electron chi connectivity index (χ1n) is 5.74. The number of amides is 1. The predicted molar refractivity (Wildman–Crippen MR) is 62.3 cm³/mol. The molecule has 2 aliphatic heterocycles. The Labute approximate surface area is 94.4 Å². The lowest BCUT2D eigenvalue weighted by atomic mass is 10.0. The summed E-state index contributed by atoms with van der Waals surface area (Å²) in [4.78, 5) is 12.0. The number of carbonyl (C=O) groups excluding carboxylic acids is 1. The minimum Gasteiger partial charge on any atom is -0.367 e. The summed E-state index contributed by atoms with van der Waals surface area (Å²) in [5.74, 6) is 0.0271. The molecule has 4 nitrogen and oxygen atoms in total. The SMILES string of the molecule is O=C1NC2CCCNC2Nc2ccccc21. The van der Waals surface area contributed by atoms with Gasteiger partial charge in [-0.1, -0.05) is 12.1 Å². The van der Waals surface area contributed by atoms with Gasteiger partial charge in [0.15, 0.2) is 0 Å². The molecule has 0 aliphatic carbocycles. The summed E-state index contributed by atoms with van der Waals surface area (Å²) in [7, 11) is 0. The number of nitrogens with one attached hydrogen (secondary N) is 3. The zero-order valence-electron chi connectivity index (χ0n) is 8.99. The molecule has 4 heteroatoms. The van der Waals surface area contributed by atoms with Crippen molar-refractivity contribution in [1.82, 2.24) is 10.6 Å². The third kappa shape index (κ3) is 1.55. The Hall–Kier alpha value is -1.55. The van der Waals surface area contributed by atoms with E-state index in [4.69, 9.17) is 0 Å². The first-order chi connectivity index (χ1) is 7.84. The molecule has 16 heavy (non-hydrogen) atoms. The van der Waals surface area contributed by atoms with E-state index in [0.29, 0.717) is 0 Å². The van der Waals surface area contributed by atoms with Crippen LogP contribution in [-0.2, 0) is 0 Å². The molecule has 1 fully saturated rings. The molecule has 2 aliphatic rings. The van der Waals surface area contributed by atoms with E-state index in [2.05, 4.69) is 16.0 Å². The highest BCUT2D eigenvalue weighted by atomic mass is 16.1. The second-order valence-corrected chi connectivity index (χ2v) is 4.34. The summed E-state index contributed by atoms with van der Waals surface area (Å²) in [5.41, 5.74) is 1.65. The second-order valence-electron chi connectivity index (χ2n) is 4.34. The van der Waals surface area contributed by atoms with Crippen molar-refractivity contribution in [2.45, 2.75) is 25.0 Å². The summed E-state index contributed by atoms with van der Waals surface area (Å²) < 4.78 is 0. The first-order valence-corrected chi connectivity index (χ1v) is 5.74. The van der Waals surface area contributed by atoms with E-state index in [1.54, 1.807) is 0 Å². The molecule has 3 N–H and O–H groups in total. The van der Waals surface area contributed by atoms with E-state index in [-0.39, 0.29) is 18.1 Å². The van der Waals surface area contributed by atoms with Crippen molar-refractivity contribution in [2.24, 2.45) is 0 Å². The van der Waals surface area contributed by atoms with Crippen LogP contribution in [0.15, 0.2) is 24.3 Å². The van der Waals surface area contributed by atoms with E-state index < -0.39 is 0 Å². The Morgan fingerprint density at radius 1 is 1.19 bits per heavy atom. The number of anilines is 1. The summed E-state index contributed by atoms with van der Waals surface area (Å²) in [6, 6.07) is 7.83. The van der Waals surface area contributed by atoms with Gasteiger partial charge in [-0.15, -0.1) is 0 Å². The molecule has 2 atom stereocenters. The van der Waals surface area contributed by atoms with Gasteiger partial charge in [0.05, 0.1) is 17.8 Å². The van der Waals surface area contributed by atoms with Crippen molar-refractivity contribution in [3.05, 3.63) is 29.8 Å². The molecule has 84 valence electrons. The minimum atomic E-state index is 0.0271. The van der Waals surface area contributed by atoms with Gasteiger partial charge in [-0.2, -0.15) is 0 Å².